The number of carboxylic acids is 1. The van der Waals surface area contributed by atoms with Crippen LogP contribution in [0.2, 0.25) is 0 Å². The fourth-order valence-electron chi connectivity index (χ4n) is 2.23. The van der Waals surface area contributed by atoms with Gasteiger partial charge in [-0.2, -0.15) is 0 Å². The monoisotopic (exact) mass is 270 g/mol. The molecule has 0 amide bonds. The van der Waals surface area contributed by atoms with E-state index in [4.69, 9.17) is 9.94 Å². The Morgan fingerprint density at radius 3 is 2.90 bits per heavy atom. The molecule has 102 valence electrons. The van der Waals surface area contributed by atoms with Gasteiger partial charge >= 0.3 is 5.97 Å². The molecule has 1 aromatic carbocycles. The molecule has 0 saturated heterocycles. The maximum absolute atomic E-state index is 11.1. The molecule has 1 aliphatic rings. The summed E-state index contributed by atoms with van der Waals surface area (Å²) < 4.78 is 0. The molecule has 1 unspecified atom stereocenters. The predicted molar refractivity (Wildman–Crippen MR) is 74.8 cm³/mol. The summed E-state index contributed by atoms with van der Waals surface area (Å²) in [5, 5.41) is 14.1. The van der Waals surface area contributed by atoms with Gasteiger partial charge in [0.2, 0.25) is 5.60 Å². The van der Waals surface area contributed by atoms with E-state index in [9.17, 15) is 4.79 Å². The Morgan fingerprint density at radius 1 is 1.40 bits per heavy atom. The van der Waals surface area contributed by atoms with Crippen LogP contribution < -0.4 is 0 Å². The van der Waals surface area contributed by atoms with Crippen molar-refractivity contribution in [2.75, 3.05) is 0 Å². The summed E-state index contributed by atoms with van der Waals surface area (Å²) in [4.78, 5) is 20.6. The van der Waals surface area contributed by atoms with Gasteiger partial charge in [-0.1, -0.05) is 11.2 Å². The minimum absolute atomic E-state index is 0.257. The zero-order valence-electron chi connectivity index (χ0n) is 11.3. The fourth-order valence-corrected chi connectivity index (χ4v) is 2.23. The third-order valence-corrected chi connectivity index (χ3v) is 3.47. The number of pyridine rings is 1. The number of hydrogen-bond acceptors (Lipinski definition) is 4. The molecule has 0 bridgehead atoms. The van der Waals surface area contributed by atoms with Gasteiger partial charge in [0.25, 0.3) is 0 Å². The number of rotatable bonds is 2. The minimum Gasteiger partial charge on any atom is -0.478 e. The largest absolute Gasteiger partial charge is 0.478 e. The fraction of sp³-hybridized carbons (Fsp3) is 0.267. The molecule has 3 rings (SSSR count). The first kappa shape index (κ1) is 12.6. The van der Waals surface area contributed by atoms with E-state index in [0.717, 1.165) is 22.0 Å². The smallest absolute Gasteiger partial charge is 0.351 e. The van der Waals surface area contributed by atoms with Gasteiger partial charge in [0.05, 0.1) is 11.2 Å². The predicted octanol–water partition coefficient (Wildman–Crippen LogP) is 2.51. The van der Waals surface area contributed by atoms with Crippen molar-refractivity contribution in [3.8, 4) is 0 Å². The van der Waals surface area contributed by atoms with Crippen LogP contribution in [0.25, 0.3) is 10.9 Å². The molecular weight excluding hydrogens is 256 g/mol. The number of aromatic nitrogens is 1. The number of hydrogen-bond donors (Lipinski definition) is 1. The highest BCUT2D eigenvalue weighted by Crippen LogP contribution is 2.28. The molecule has 5 heteroatoms. The Kier molecular flexibility index (Phi) is 2.71. The van der Waals surface area contributed by atoms with Crippen LogP contribution in [-0.4, -0.2) is 27.4 Å². The van der Waals surface area contributed by atoms with Crippen LogP contribution in [0.3, 0.4) is 0 Å². The lowest BCUT2D eigenvalue weighted by Crippen LogP contribution is -2.35. The molecule has 0 radical (unpaired) electrons. The average Bonchev–Trinajstić information content (AvgIpc) is 2.82. The molecule has 1 atom stereocenters. The van der Waals surface area contributed by atoms with Gasteiger partial charge in [-0.05, 0) is 37.6 Å². The van der Waals surface area contributed by atoms with Gasteiger partial charge in [-0.3, -0.25) is 4.98 Å². The maximum Gasteiger partial charge on any atom is 0.351 e. The topological polar surface area (TPSA) is 71.8 Å². The SMILES string of the molecule is Cc1cnc2ccc(C3=NOC(C)(C(=O)O)C3)cc2c1. The van der Waals surface area contributed by atoms with Crippen molar-refractivity contribution in [1.29, 1.82) is 0 Å². The maximum atomic E-state index is 11.1. The Bertz CT molecular complexity index is 739. The molecule has 1 N–H and O–H groups in total. The highest BCUT2D eigenvalue weighted by Gasteiger charge is 2.42. The highest BCUT2D eigenvalue weighted by molar-refractivity contribution is 6.06. The van der Waals surface area contributed by atoms with Crippen molar-refractivity contribution in [2.45, 2.75) is 25.9 Å². The quantitative estimate of drug-likeness (QED) is 0.910. The second-order valence-electron chi connectivity index (χ2n) is 5.26. The number of benzene rings is 1. The molecule has 20 heavy (non-hydrogen) atoms. The van der Waals surface area contributed by atoms with E-state index in [0.29, 0.717) is 5.71 Å². The summed E-state index contributed by atoms with van der Waals surface area (Å²) in [6.07, 6.45) is 2.08. The summed E-state index contributed by atoms with van der Waals surface area (Å²) in [5.74, 6) is -1.01. The van der Waals surface area contributed by atoms with E-state index in [1.54, 1.807) is 0 Å². The Hall–Kier alpha value is -2.43. The van der Waals surface area contributed by atoms with Gasteiger partial charge in [-0.25, -0.2) is 4.79 Å². The number of fused-ring (bicyclic) bond motifs is 1. The van der Waals surface area contributed by atoms with E-state index in [2.05, 4.69) is 10.1 Å². The van der Waals surface area contributed by atoms with E-state index in [1.807, 2.05) is 37.4 Å². The van der Waals surface area contributed by atoms with Crippen LogP contribution in [0.1, 0.15) is 24.5 Å². The zero-order valence-corrected chi connectivity index (χ0v) is 11.3. The second-order valence-corrected chi connectivity index (χ2v) is 5.26. The third kappa shape index (κ3) is 2.01. The van der Waals surface area contributed by atoms with Crippen LogP contribution in [-0.2, 0) is 9.63 Å². The molecule has 2 heterocycles. The molecule has 1 aliphatic heterocycles. The molecule has 0 saturated carbocycles. The Balaban J connectivity index is 1.98. The van der Waals surface area contributed by atoms with Gasteiger partial charge in [0, 0.05) is 23.6 Å². The van der Waals surface area contributed by atoms with Crippen molar-refractivity contribution in [3.63, 3.8) is 0 Å². The number of aliphatic carboxylic acids is 1. The normalized spacial score (nSPS) is 21.6. The van der Waals surface area contributed by atoms with Gasteiger partial charge in [0.15, 0.2) is 0 Å². The van der Waals surface area contributed by atoms with E-state index in [1.165, 1.54) is 6.92 Å². The summed E-state index contributed by atoms with van der Waals surface area (Å²) in [6.45, 7) is 3.51. The third-order valence-electron chi connectivity index (χ3n) is 3.47. The van der Waals surface area contributed by atoms with Crippen molar-refractivity contribution < 1.29 is 14.7 Å². The number of oxime groups is 1. The number of carboxylic acid groups (broad SMARTS) is 1. The molecule has 1 aromatic heterocycles. The van der Waals surface area contributed by atoms with Gasteiger partial charge < -0.3 is 9.94 Å². The van der Waals surface area contributed by atoms with Gasteiger partial charge in [-0.15, -0.1) is 0 Å². The van der Waals surface area contributed by atoms with Crippen molar-refractivity contribution in [1.82, 2.24) is 4.98 Å². The van der Waals surface area contributed by atoms with Crippen molar-refractivity contribution in [2.24, 2.45) is 5.16 Å². The first-order valence-corrected chi connectivity index (χ1v) is 6.33. The number of carbonyl (C=O) groups is 1. The van der Waals surface area contributed by atoms with Gasteiger partial charge in [0.1, 0.15) is 0 Å². The molecule has 0 fully saturated rings. The summed E-state index contributed by atoms with van der Waals surface area (Å²) in [6, 6.07) is 7.80. The summed E-state index contributed by atoms with van der Waals surface area (Å²) in [5.41, 5.74) is 2.23. The average molecular weight is 270 g/mol. The molecule has 5 nitrogen and oxygen atoms in total. The van der Waals surface area contributed by atoms with Crippen LogP contribution in [0.4, 0.5) is 0 Å². The molecule has 0 spiro atoms. The van der Waals surface area contributed by atoms with Crippen LogP contribution in [0, 0.1) is 6.92 Å². The first-order valence-electron chi connectivity index (χ1n) is 6.33. The molecule has 2 aromatic rings. The zero-order chi connectivity index (χ0) is 14.3. The lowest BCUT2D eigenvalue weighted by Gasteiger charge is -2.14. The molecular formula is C15H14N2O3. The first-order chi connectivity index (χ1) is 9.48. The Labute approximate surface area is 115 Å². The lowest BCUT2D eigenvalue weighted by atomic mass is 9.95. The van der Waals surface area contributed by atoms with E-state index in [-0.39, 0.29) is 6.42 Å². The second kappa shape index (κ2) is 4.30. The van der Waals surface area contributed by atoms with Crippen molar-refractivity contribution in [3.05, 3.63) is 41.6 Å². The van der Waals surface area contributed by atoms with E-state index >= 15 is 0 Å². The van der Waals surface area contributed by atoms with Crippen LogP contribution in [0.15, 0.2) is 35.6 Å². The van der Waals surface area contributed by atoms with Crippen molar-refractivity contribution >= 4 is 22.6 Å². The Morgan fingerprint density at radius 2 is 2.20 bits per heavy atom. The standard InChI is InChI=1S/C15H14N2O3/c1-9-5-11-6-10(3-4-12(11)16-8-9)13-7-15(2,14(18)19)20-17-13/h3-6,8H,7H2,1-2H3,(H,18,19). The minimum atomic E-state index is -1.27. The van der Waals surface area contributed by atoms with Crippen LogP contribution >= 0.6 is 0 Å². The number of nitrogens with zero attached hydrogens (tertiary/aromatic N) is 2. The van der Waals surface area contributed by atoms with E-state index < -0.39 is 11.6 Å². The number of aryl methyl sites for hydroxylation is 1. The lowest BCUT2D eigenvalue weighted by molar-refractivity contribution is -0.160. The summed E-state index contributed by atoms with van der Waals surface area (Å²) >= 11 is 0. The molecule has 0 aliphatic carbocycles. The van der Waals surface area contributed by atoms with Crippen LogP contribution in [0.5, 0.6) is 0 Å². The highest BCUT2D eigenvalue weighted by atomic mass is 16.7. The summed E-state index contributed by atoms with van der Waals surface area (Å²) in [7, 11) is 0.